The Morgan fingerprint density at radius 3 is 1.57 bits per heavy atom. The maximum atomic E-state index is 14.2. The van der Waals surface area contributed by atoms with Crippen LogP contribution in [0.1, 0.15) is 46.5 Å². The molecule has 1 aliphatic heterocycles. The summed E-state index contributed by atoms with van der Waals surface area (Å²) in [5.74, 6) is -4.98. The molecule has 10 heteroatoms. The quantitative estimate of drug-likeness (QED) is 0.259. The van der Waals surface area contributed by atoms with Crippen LogP contribution in [0.3, 0.4) is 0 Å². The fraction of sp³-hybridized carbons (Fsp3) is 0.267. The van der Waals surface area contributed by atoms with E-state index < -0.39 is 57.2 Å². The second-order valence-electron chi connectivity index (χ2n) is 10.7. The van der Waals surface area contributed by atoms with E-state index in [1.54, 1.807) is 26.0 Å². The molecule has 3 aromatic carbocycles. The Bertz CT molecular complexity index is 1470. The van der Waals surface area contributed by atoms with E-state index in [0.29, 0.717) is 27.3 Å². The molecule has 40 heavy (non-hydrogen) atoms. The molecule has 2 bridgehead atoms. The predicted octanol–water partition coefficient (Wildman–Crippen LogP) is 4.72. The largest absolute Gasteiger partial charge is 0.274 e. The third-order valence-electron chi connectivity index (χ3n) is 8.20. The fourth-order valence-electron chi connectivity index (χ4n) is 6.55. The van der Waals surface area contributed by atoms with Crippen molar-refractivity contribution in [2.75, 3.05) is 0 Å². The molecule has 3 atom stereocenters. The van der Waals surface area contributed by atoms with Gasteiger partial charge in [0.1, 0.15) is 15.8 Å². The van der Waals surface area contributed by atoms with Crippen molar-refractivity contribution in [2.45, 2.75) is 29.6 Å². The fourth-order valence-corrected chi connectivity index (χ4v) is 7.77. The minimum Gasteiger partial charge on any atom is -0.274 e. The molecular weight excluding hydrogens is 573 g/mol. The highest BCUT2D eigenvalue weighted by Gasteiger charge is 2.73. The summed E-state index contributed by atoms with van der Waals surface area (Å²) in [5.41, 5.74) is 7.72. The number of amides is 4. The van der Waals surface area contributed by atoms with Crippen LogP contribution in [0, 0.1) is 17.8 Å². The van der Waals surface area contributed by atoms with Gasteiger partial charge in [-0.2, -0.15) is 0 Å². The average Bonchev–Trinajstić information content (AvgIpc) is 3.21. The summed E-state index contributed by atoms with van der Waals surface area (Å²) in [6, 6.07) is 19.6. The first-order valence-electron chi connectivity index (χ1n) is 12.8. The van der Waals surface area contributed by atoms with E-state index in [9.17, 15) is 19.2 Å². The highest BCUT2D eigenvalue weighted by atomic mass is 35.5. The Morgan fingerprint density at radius 1 is 0.750 bits per heavy atom. The summed E-state index contributed by atoms with van der Waals surface area (Å²) >= 11 is 20.8. The van der Waals surface area contributed by atoms with Gasteiger partial charge in [-0.1, -0.05) is 74.0 Å². The SMILES string of the molecule is CC(C)[C@@H](C(=O)NNC(=O)c1ccc(Cl)cc1)N1C(=O)[C@@H]2[C@@H](C1=O)C1(Cl)c3ccccc3C2(Cl)c2ccccc21. The Kier molecular flexibility index (Phi) is 6.26. The van der Waals surface area contributed by atoms with Crippen molar-refractivity contribution in [1.29, 1.82) is 0 Å². The van der Waals surface area contributed by atoms with Crippen LogP contribution in [0.5, 0.6) is 0 Å². The normalized spacial score (nSPS) is 26.7. The van der Waals surface area contributed by atoms with Gasteiger partial charge in [-0.05, 0) is 52.4 Å². The van der Waals surface area contributed by atoms with E-state index in [2.05, 4.69) is 10.9 Å². The standard InChI is InChI=1S/C30H24Cl3N3O4/c1-15(2)24(26(38)35-34-25(37)16-11-13-17(31)14-12-16)36-27(39)22-23(28(36)40)30(33)19-8-4-3-7-18(19)29(22,32)20-9-5-6-10-21(20)30/h3-15,22-24H,1-2H3,(H,34,37)(H,35,38)/t22-,23-,24-,29?,30?/m0/s1. The number of hydrogen-bond donors (Lipinski definition) is 2. The number of imide groups is 1. The van der Waals surface area contributed by atoms with Crippen LogP contribution in [0.4, 0.5) is 0 Å². The summed E-state index contributed by atoms with van der Waals surface area (Å²) in [6.45, 7) is 3.44. The molecule has 0 radical (unpaired) electrons. The van der Waals surface area contributed by atoms with Crippen molar-refractivity contribution in [3.8, 4) is 0 Å². The molecule has 7 nitrogen and oxygen atoms in total. The molecule has 7 rings (SSSR count). The molecule has 0 saturated carbocycles. The van der Waals surface area contributed by atoms with E-state index in [0.717, 1.165) is 4.90 Å². The lowest BCUT2D eigenvalue weighted by molar-refractivity contribution is -0.150. The van der Waals surface area contributed by atoms with E-state index >= 15 is 0 Å². The second kappa shape index (κ2) is 9.33. The predicted molar refractivity (Wildman–Crippen MR) is 151 cm³/mol. The number of benzene rings is 3. The number of rotatable bonds is 4. The minimum absolute atomic E-state index is 0.269. The second-order valence-corrected chi connectivity index (χ2v) is 12.3. The van der Waals surface area contributed by atoms with Gasteiger partial charge in [0.2, 0.25) is 11.8 Å². The van der Waals surface area contributed by atoms with Gasteiger partial charge in [-0.25, -0.2) is 0 Å². The van der Waals surface area contributed by atoms with Crippen LogP contribution in [0.25, 0.3) is 0 Å². The molecule has 4 aliphatic rings. The Labute approximate surface area is 245 Å². The first kappa shape index (κ1) is 26.8. The zero-order valence-corrected chi connectivity index (χ0v) is 23.7. The molecule has 2 N–H and O–H groups in total. The summed E-state index contributed by atoms with van der Waals surface area (Å²) in [7, 11) is 0. The minimum atomic E-state index is -1.35. The zero-order chi connectivity index (χ0) is 28.6. The number of hydrazine groups is 1. The molecule has 1 saturated heterocycles. The van der Waals surface area contributed by atoms with Crippen molar-refractivity contribution in [3.05, 3.63) is 106 Å². The lowest BCUT2D eigenvalue weighted by Crippen LogP contribution is -2.57. The van der Waals surface area contributed by atoms with Crippen LogP contribution in [0.2, 0.25) is 5.02 Å². The Hall–Kier alpha value is -3.39. The van der Waals surface area contributed by atoms with Crippen molar-refractivity contribution in [1.82, 2.24) is 15.8 Å². The summed E-state index contributed by atoms with van der Waals surface area (Å²) < 4.78 is 0. The summed E-state index contributed by atoms with van der Waals surface area (Å²) in [5, 5.41) is 0.459. The van der Waals surface area contributed by atoms with Crippen molar-refractivity contribution in [3.63, 3.8) is 0 Å². The molecule has 204 valence electrons. The van der Waals surface area contributed by atoms with Crippen LogP contribution < -0.4 is 10.9 Å². The van der Waals surface area contributed by atoms with Gasteiger partial charge in [0.15, 0.2) is 0 Å². The molecule has 3 aromatic rings. The number of hydrogen-bond acceptors (Lipinski definition) is 4. The van der Waals surface area contributed by atoms with Crippen molar-refractivity contribution < 1.29 is 19.2 Å². The van der Waals surface area contributed by atoms with Crippen LogP contribution in [-0.4, -0.2) is 34.6 Å². The van der Waals surface area contributed by atoms with Gasteiger partial charge in [0, 0.05) is 10.6 Å². The lowest BCUT2D eigenvalue weighted by atomic mass is 9.54. The first-order valence-corrected chi connectivity index (χ1v) is 14.0. The number of halogens is 3. The highest BCUT2D eigenvalue weighted by Crippen LogP contribution is 2.69. The van der Waals surface area contributed by atoms with Gasteiger partial charge in [0.25, 0.3) is 11.8 Å². The number of carbonyl (C=O) groups is 4. The molecule has 4 amide bonds. The maximum absolute atomic E-state index is 14.2. The van der Waals surface area contributed by atoms with E-state index in [1.165, 1.54) is 12.1 Å². The van der Waals surface area contributed by atoms with Gasteiger partial charge in [-0.15, -0.1) is 23.2 Å². The third-order valence-corrected chi connectivity index (χ3v) is 9.74. The van der Waals surface area contributed by atoms with Crippen molar-refractivity contribution in [2.24, 2.45) is 17.8 Å². The van der Waals surface area contributed by atoms with Gasteiger partial charge >= 0.3 is 0 Å². The molecule has 0 spiro atoms. The molecule has 0 aromatic heterocycles. The molecule has 1 heterocycles. The van der Waals surface area contributed by atoms with Gasteiger partial charge in [-0.3, -0.25) is 34.9 Å². The first-order chi connectivity index (χ1) is 19.0. The van der Waals surface area contributed by atoms with Gasteiger partial charge < -0.3 is 0 Å². The number of carbonyl (C=O) groups excluding carboxylic acids is 4. The number of nitrogens with one attached hydrogen (secondary N) is 2. The molecular formula is C30H24Cl3N3O4. The molecule has 1 fully saturated rings. The van der Waals surface area contributed by atoms with Crippen LogP contribution in [0.15, 0.2) is 72.8 Å². The van der Waals surface area contributed by atoms with Gasteiger partial charge in [0.05, 0.1) is 11.8 Å². The maximum Gasteiger partial charge on any atom is 0.269 e. The summed E-state index contributed by atoms with van der Waals surface area (Å²) in [6.07, 6.45) is 0. The zero-order valence-electron chi connectivity index (χ0n) is 21.5. The number of likely N-dealkylation sites (tertiary alicyclic amines) is 1. The summed E-state index contributed by atoms with van der Waals surface area (Å²) in [4.78, 5) is 52.8. The Balaban J connectivity index is 1.37. The number of nitrogens with zero attached hydrogens (tertiary/aromatic N) is 1. The van der Waals surface area contributed by atoms with E-state index in [-0.39, 0.29) is 5.56 Å². The Morgan fingerprint density at radius 2 is 1.18 bits per heavy atom. The monoisotopic (exact) mass is 595 g/mol. The third kappa shape index (κ3) is 3.51. The van der Waals surface area contributed by atoms with Crippen LogP contribution >= 0.6 is 34.8 Å². The van der Waals surface area contributed by atoms with Crippen LogP contribution in [-0.2, 0) is 24.1 Å². The molecule has 0 unspecified atom stereocenters. The van der Waals surface area contributed by atoms with Crippen molar-refractivity contribution >= 4 is 58.4 Å². The smallest absolute Gasteiger partial charge is 0.269 e. The average molecular weight is 597 g/mol. The van der Waals surface area contributed by atoms with E-state index in [1.807, 2.05) is 48.5 Å². The molecule has 3 aliphatic carbocycles. The highest BCUT2D eigenvalue weighted by molar-refractivity contribution is 6.36. The lowest BCUT2D eigenvalue weighted by Gasteiger charge is -2.54. The van der Waals surface area contributed by atoms with E-state index in [4.69, 9.17) is 34.8 Å². The topological polar surface area (TPSA) is 95.6 Å². The number of alkyl halides is 2.